The normalized spacial score (nSPS) is 16.7. The molecule has 0 amide bonds. The quantitative estimate of drug-likeness (QED) is 0.209. The number of para-hydroxylation sites is 1. The summed E-state index contributed by atoms with van der Waals surface area (Å²) in [6.07, 6.45) is 7.69. The van der Waals surface area contributed by atoms with E-state index in [0.29, 0.717) is 23.5 Å². The highest BCUT2D eigenvalue weighted by Crippen LogP contribution is 2.56. The number of nitrogens with zero attached hydrogens (tertiary/aromatic N) is 4. The molecule has 0 saturated carbocycles. The first-order valence-corrected chi connectivity index (χ1v) is 15.8. The molecular formula is C41H32N4. The molecule has 2 aliphatic rings. The first-order chi connectivity index (χ1) is 22.0. The molecule has 0 saturated heterocycles. The minimum Gasteiger partial charge on any atom is -0.277 e. The van der Waals surface area contributed by atoms with Gasteiger partial charge in [0, 0.05) is 27.3 Å². The van der Waals surface area contributed by atoms with E-state index in [1.165, 1.54) is 49.3 Å². The van der Waals surface area contributed by atoms with Gasteiger partial charge in [-0.15, -0.1) is 0 Å². The number of rotatable bonds is 3. The van der Waals surface area contributed by atoms with Crippen LogP contribution in [0.4, 0.5) is 0 Å². The number of aromatic nitrogens is 4. The molecule has 1 unspecified atom stereocenters. The minimum atomic E-state index is -0.234. The van der Waals surface area contributed by atoms with Crippen molar-refractivity contribution in [2.75, 3.05) is 0 Å². The molecule has 4 heteroatoms. The zero-order valence-corrected chi connectivity index (χ0v) is 25.6. The lowest BCUT2D eigenvalue weighted by molar-refractivity contribution is 0.663. The second-order valence-electron chi connectivity index (χ2n) is 12.9. The molecule has 4 nitrogen and oxygen atoms in total. The summed E-state index contributed by atoms with van der Waals surface area (Å²) in [6.45, 7) is 6.97. The molecule has 0 spiro atoms. The van der Waals surface area contributed by atoms with Gasteiger partial charge in [0.05, 0.1) is 11.0 Å². The smallest absolute Gasteiger partial charge is 0.238 e. The molecule has 0 aliphatic heterocycles. The van der Waals surface area contributed by atoms with Crippen molar-refractivity contribution < 1.29 is 0 Å². The summed E-state index contributed by atoms with van der Waals surface area (Å²) in [4.78, 5) is 15.6. The van der Waals surface area contributed by atoms with E-state index in [0.717, 1.165) is 23.1 Å². The third kappa shape index (κ3) is 3.75. The Labute approximate surface area is 262 Å². The molecule has 0 radical (unpaired) electrons. The van der Waals surface area contributed by atoms with Crippen LogP contribution in [0.3, 0.4) is 0 Å². The van der Waals surface area contributed by atoms with Gasteiger partial charge in [0.1, 0.15) is 0 Å². The number of hydrogen-bond acceptors (Lipinski definition) is 3. The largest absolute Gasteiger partial charge is 0.277 e. The van der Waals surface area contributed by atoms with E-state index >= 15 is 0 Å². The average Bonchev–Trinajstić information content (AvgIpc) is 3.54. The Morgan fingerprint density at radius 1 is 0.711 bits per heavy atom. The van der Waals surface area contributed by atoms with E-state index in [1.807, 2.05) is 18.2 Å². The molecule has 2 aliphatic carbocycles. The standard InChI is InChI=1S/C41H32N4/c1-25-14-13-17-27(24-25)39-42-38(26-15-5-4-6-16-26)43-40(44-39)45-33-23-12-10-21-31(33)35-29-19-8-7-18-28(29)34-30-20-9-11-22-32(30)41(2,3)36(34)37(35)45/h4-13,15-25H,14H2,1-3H3. The zero-order valence-electron chi connectivity index (χ0n) is 25.6. The van der Waals surface area contributed by atoms with Crippen molar-refractivity contribution in [1.29, 1.82) is 0 Å². The molecule has 7 aromatic rings. The summed E-state index contributed by atoms with van der Waals surface area (Å²) in [5, 5.41) is 4.98. The SMILES string of the molecule is CC1C=C(c2nc(-c3ccccc3)nc(-n3c4ccccc4c4c5ccccc5c5c(c43)C(C)(C)c3ccccc3-5)n2)C=CC1. The van der Waals surface area contributed by atoms with Gasteiger partial charge < -0.3 is 0 Å². The van der Waals surface area contributed by atoms with Crippen molar-refractivity contribution in [1.82, 2.24) is 19.5 Å². The van der Waals surface area contributed by atoms with E-state index in [2.05, 4.69) is 128 Å². The molecular weight excluding hydrogens is 548 g/mol. The zero-order chi connectivity index (χ0) is 30.3. The van der Waals surface area contributed by atoms with E-state index in [4.69, 9.17) is 15.0 Å². The molecule has 216 valence electrons. The van der Waals surface area contributed by atoms with E-state index in [-0.39, 0.29) is 5.41 Å². The fourth-order valence-electron chi connectivity index (χ4n) is 7.70. The maximum absolute atomic E-state index is 5.28. The van der Waals surface area contributed by atoms with Crippen LogP contribution in [0, 0.1) is 5.92 Å². The van der Waals surface area contributed by atoms with Crippen LogP contribution in [0.2, 0.25) is 0 Å². The third-order valence-corrected chi connectivity index (χ3v) is 9.71. The van der Waals surface area contributed by atoms with Gasteiger partial charge in [0.15, 0.2) is 11.6 Å². The Balaban J connectivity index is 1.47. The first-order valence-electron chi connectivity index (χ1n) is 15.8. The molecule has 45 heavy (non-hydrogen) atoms. The topological polar surface area (TPSA) is 43.6 Å². The maximum Gasteiger partial charge on any atom is 0.238 e. The van der Waals surface area contributed by atoms with Crippen LogP contribution in [0.25, 0.3) is 66.6 Å². The van der Waals surface area contributed by atoms with Crippen molar-refractivity contribution in [2.24, 2.45) is 5.92 Å². The number of fused-ring (bicyclic) bond motifs is 10. The van der Waals surface area contributed by atoms with Gasteiger partial charge in [-0.2, -0.15) is 9.97 Å². The Morgan fingerprint density at radius 3 is 2.22 bits per heavy atom. The highest BCUT2D eigenvalue weighted by molar-refractivity contribution is 6.26. The molecule has 0 fully saturated rings. The summed E-state index contributed by atoms with van der Waals surface area (Å²) in [5.74, 6) is 2.44. The van der Waals surface area contributed by atoms with Gasteiger partial charge in [-0.1, -0.05) is 136 Å². The summed E-state index contributed by atoms with van der Waals surface area (Å²) in [7, 11) is 0. The molecule has 2 aromatic heterocycles. The predicted molar refractivity (Wildman–Crippen MR) is 186 cm³/mol. The lowest BCUT2D eigenvalue weighted by Crippen LogP contribution is -2.17. The lowest BCUT2D eigenvalue weighted by atomic mass is 9.80. The summed E-state index contributed by atoms with van der Waals surface area (Å²) < 4.78 is 2.32. The minimum absolute atomic E-state index is 0.234. The van der Waals surface area contributed by atoms with Gasteiger partial charge in [0.25, 0.3) is 0 Å². The lowest BCUT2D eigenvalue weighted by Gasteiger charge is -2.24. The van der Waals surface area contributed by atoms with E-state index < -0.39 is 0 Å². The van der Waals surface area contributed by atoms with E-state index in [9.17, 15) is 0 Å². The number of benzene rings is 5. The Kier molecular flexibility index (Phi) is 5.55. The van der Waals surface area contributed by atoms with Crippen molar-refractivity contribution in [3.63, 3.8) is 0 Å². The first kappa shape index (κ1) is 26.1. The maximum atomic E-state index is 5.28. The van der Waals surface area contributed by atoms with Gasteiger partial charge in [-0.3, -0.25) is 4.57 Å². The highest BCUT2D eigenvalue weighted by atomic mass is 15.2. The molecule has 1 atom stereocenters. The monoisotopic (exact) mass is 580 g/mol. The van der Waals surface area contributed by atoms with Crippen molar-refractivity contribution in [2.45, 2.75) is 32.6 Å². The summed E-state index contributed by atoms with van der Waals surface area (Å²) >= 11 is 0. The van der Waals surface area contributed by atoms with Gasteiger partial charge in [-0.25, -0.2) is 4.98 Å². The second-order valence-corrected chi connectivity index (χ2v) is 12.9. The van der Waals surface area contributed by atoms with E-state index in [1.54, 1.807) is 0 Å². The highest BCUT2D eigenvalue weighted by Gasteiger charge is 2.40. The summed E-state index contributed by atoms with van der Waals surface area (Å²) in [6, 6.07) is 36.8. The molecule has 0 N–H and O–H groups in total. The number of allylic oxidation sites excluding steroid dienone is 4. The Bertz CT molecular complexity index is 2390. The fourth-order valence-corrected chi connectivity index (χ4v) is 7.70. The van der Waals surface area contributed by atoms with Crippen LogP contribution in [0.1, 0.15) is 44.1 Å². The van der Waals surface area contributed by atoms with Crippen molar-refractivity contribution in [3.05, 3.63) is 138 Å². The summed E-state index contributed by atoms with van der Waals surface area (Å²) in [5.41, 5.74) is 9.33. The van der Waals surface area contributed by atoms with Gasteiger partial charge in [0.2, 0.25) is 5.95 Å². The van der Waals surface area contributed by atoms with Crippen LogP contribution in [0.15, 0.2) is 121 Å². The molecule has 2 heterocycles. The van der Waals surface area contributed by atoms with Crippen molar-refractivity contribution >= 4 is 38.2 Å². The third-order valence-electron chi connectivity index (χ3n) is 9.71. The van der Waals surface area contributed by atoms with Gasteiger partial charge in [-0.05, 0) is 51.4 Å². The van der Waals surface area contributed by atoms with Crippen LogP contribution >= 0.6 is 0 Å². The Hall–Kier alpha value is -5.35. The van der Waals surface area contributed by atoms with Gasteiger partial charge >= 0.3 is 0 Å². The number of hydrogen-bond donors (Lipinski definition) is 0. The second kappa shape index (κ2) is 9.57. The molecule has 9 rings (SSSR count). The van der Waals surface area contributed by atoms with Crippen LogP contribution in [-0.4, -0.2) is 19.5 Å². The van der Waals surface area contributed by atoms with Crippen LogP contribution in [-0.2, 0) is 5.41 Å². The average molecular weight is 581 g/mol. The molecule has 0 bridgehead atoms. The predicted octanol–water partition coefficient (Wildman–Crippen LogP) is 10.1. The Morgan fingerprint density at radius 2 is 1.40 bits per heavy atom. The van der Waals surface area contributed by atoms with Crippen molar-refractivity contribution in [3.8, 4) is 28.5 Å². The van der Waals surface area contributed by atoms with Crippen LogP contribution in [0.5, 0.6) is 0 Å². The molecule has 5 aromatic carbocycles. The van der Waals surface area contributed by atoms with Crippen LogP contribution < -0.4 is 0 Å². The fraction of sp³-hybridized carbons (Fsp3) is 0.146.